The van der Waals surface area contributed by atoms with Gasteiger partial charge >= 0.3 is 0 Å². The summed E-state index contributed by atoms with van der Waals surface area (Å²) in [5.74, 6) is -0.437. The molecule has 0 aromatic heterocycles. The van der Waals surface area contributed by atoms with Crippen molar-refractivity contribution in [3.05, 3.63) is 0 Å². The van der Waals surface area contributed by atoms with Crippen LogP contribution < -0.4 is 5.73 Å². The van der Waals surface area contributed by atoms with Crippen molar-refractivity contribution < 1.29 is 4.79 Å². The molecule has 2 N–H and O–H groups in total. The van der Waals surface area contributed by atoms with Crippen LogP contribution in [0.4, 0.5) is 0 Å². The molecule has 1 aliphatic rings. The fourth-order valence-electron chi connectivity index (χ4n) is 1.33. The van der Waals surface area contributed by atoms with Gasteiger partial charge in [0.15, 0.2) is 5.50 Å². The van der Waals surface area contributed by atoms with Crippen LogP contribution in [-0.2, 0) is 4.79 Å². The Bertz CT molecular complexity index is 145. The van der Waals surface area contributed by atoms with E-state index in [4.69, 9.17) is 17.3 Å². The highest BCUT2D eigenvalue weighted by molar-refractivity contribution is 6.30. The Morgan fingerprint density at radius 3 is 2.36 bits per heavy atom. The van der Waals surface area contributed by atoms with Crippen LogP contribution >= 0.6 is 11.6 Å². The third-order valence-electron chi connectivity index (χ3n) is 1.95. The molecule has 0 aromatic rings. The first-order chi connectivity index (χ1) is 5.22. The zero-order valence-electron chi connectivity index (χ0n) is 6.42. The summed E-state index contributed by atoms with van der Waals surface area (Å²) in [7, 11) is 0. The van der Waals surface area contributed by atoms with Gasteiger partial charge in [0.2, 0.25) is 5.91 Å². The summed E-state index contributed by atoms with van der Waals surface area (Å²) < 4.78 is 0. The maximum Gasteiger partial charge on any atom is 0.250 e. The number of hydrogen-bond acceptors (Lipinski definition) is 2. The summed E-state index contributed by atoms with van der Waals surface area (Å²) in [6, 6.07) is 0. The monoisotopic (exact) mass is 176 g/mol. The first-order valence-electron chi connectivity index (χ1n) is 3.89. The van der Waals surface area contributed by atoms with Crippen LogP contribution in [0.5, 0.6) is 0 Å². The zero-order valence-corrected chi connectivity index (χ0v) is 7.18. The Morgan fingerprint density at radius 1 is 1.36 bits per heavy atom. The highest BCUT2D eigenvalue weighted by Crippen LogP contribution is 2.13. The third kappa shape index (κ3) is 2.34. The number of carbonyl (C=O) groups is 1. The van der Waals surface area contributed by atoms with Crippen LogP contribution in [0.2, 0.25) is 0 Å². The average Bonchev–Trinajstić information content (AvgIpc) is 2.05. The average molecular weight is 177 g/mol. The molecule has 64 valence electrons. The number of halogens is 1. The SMILES string of the molecule is NC(=O)C(Cl)N1CCCCC1. The molecule has 0 aliphatic carbocycles. The second-order valence-corrected chi connectivity index (χ2v) is 3.25. The molecular formula is C7H13ClN2O. The maximum absolute atomic E-state index is 10.6. The quantitative estimate of drug-likeness (QED) is 0.493. The molecule has 0 radical (unpaired) electrons. The smallest absolute Gasteiger partial charge is 0.250 e. The Balaban J connectivity index is 2.38. The number of primary amides is 1. The molecule has 1 heterocycles. The first-order valence-corrected chi connectivity index (χ1v) is 4.33. The van der Waals surface area contributed by atoms with Gasteiger partial charge in [-0.15, -0.1) is 0 Å². The highest BCUT2D eigenvalue weighted by atomic mass is 35.5. The van der Waals surface area contributed by atoms with Crippen molar-refractivity contribution in [3.8, 4) is 0 Å². The van der Waals surface area contributed by atoms with Crippen molar-refractivity contribution in [1.82, 2.24) is 4.90 Å². The lowest BCUT2D eigenvalue weighted by Crippen LogP contribution is -2.43. The summed E-state index contributed by atoms with van der Waals surface area (Å²) in [4.78, 5) is 12.6. The fraction of sp³-hybridized carbons (Fsp3) is 0.857. The van der Waals surface area contributed by atoms with Gasteiger partial charge in [0.05, 0.1) is 0 Å². The number of hydrogen-bond donors (Lipinski definition) is 1. The minimum atomic E-state index is -0.602. The van der Waals surface area contributed by atoms with Crippen molar-refractivity contribution in [2.24, 2.45) is 5.73 Å². The van der Waals surface area contributed by atoms with Crippen LogP contribution in [0.1, 0.15) is 19.3 Å². The Kier molecular flexibility index (Phi) is 3.15. The lowest BCUT2D eigenvalue weighted by molar-refractivity contribution is -0.120. The highest BCUT2D eigenvalue weighted by Gasteiger charge is 2.22. The molecule has 0 bridgehead atoms. The summed E-state index contributed by atoms with van der Waals surface area (Å²) in [6.45, 7) is 1.80. The van der Waals surface area contributed by atoms with E-state index < -0.39 is 11.4 Å². The normalized spacial score (nSPS) is 23.0. The molecule has 1 fully saturated rings. The number of carbonyl (C=O) groups excluding carboxylic acids is 1. The number of nitrogens with zero attached hydrogens (tertiary/aromatic N) is 1. The van der Waals surface area contributed by atoms with E-state index in [2.05, 4.69) is 0 Å². The van der Waals surface area contributed by atoms with E-state index >= 15 is 0 Å². The standard InChI is InChI=1S/C7H13ClN2O/c8-6(7(9)11)10-4-2-1-3-5-10/h6H,1-5H2,(H2,9,11). The van der Waals surface area contributed by atoms with Gasteiger partial charge in [-0.1, -0.05) is 18.0 Å². The Morgan fingerprint density at radius 2 is 1.91 bits per heavy atom. The van der Waals surface area contributed by atoms with E-state index in [1.165, 1.54) is 6.42 Å². The van der Waals surface area contributed by atoms with E-state index in [0.717, 1.165) is 25.9 Å². The molecule has 11 heavy (non-hydrogen) atoms. The molecule has 0 saturated carbocycles. The van der Waals surface area contributed by atoms with Gasteiger partial charge in [-0.05, 0) is 12.8 Å². The molecule has 0 spiro atoms. The molecule has 1 rings (SSSR count). The second-order valence-electron chi connectivity index (χ2n) is 2.83. The third-order valence-corrected chi connectivity index (χ3v) is 2.44. The van der Waals surface area contributed by atoms with E-state index in [-0.39, 0.29) is 0 Å². The van der Waals surface area contributed by atoms with E-state index in [1.807, 2.05) is 4.90 Å². The van der Waals surface area contributed by atoms with Crippen LogP contribution in [0, 0.1) is 0 Å². The Hall–Kier alpha value is -0.280. The van der Waals surface area contributed by atoms with Gasteiger partial charge in [-0.3, -0.25) is 9.69 Å². The van der Waals surface area contributed by atoms with Gasteiger partial charge < -0.3 is 5.73 Å². The minimum absolute atomic E-state index is 0.437. The van der Waals surface area contributed by atoms with Crippen molar-refractivity contribution in [2.75, 3.05) is 13.1 Å². The Labute approximate surface area is 71.5 Å². The molecule has 1 saturated heterocycles. The van der Waals surface area contributed by atoms with Gasteiger partial charge in [0, 0.05) is 13.1 Å². The number of alkyl halides is 1. The van der Waals surface area contributed by atoms with Gasteiger partial charge in [-0.2, -0.15) is 0 Å². The summed E-state index contributed by atoms with van der Waals surface area (Å²) in [5, 5.41) is 0. The molecule has 1 atom stereocenters. The molecule has 1 aliphatic heterocycles. The molecule has 1 unspecified atom stereocenters. The van der Waals surface area contributed by atoms with Gasteiger partial charge in [0.1, 0.15) is 0 Å². The predicted molar refractivity (Wildman–Crippen MR) is 44.3 cm³/mol. The minimum Gasteiger partial charge on any atom is -0.367 e. The largest absolute Gasteiger partial charge is 0.367 e. The number of amides is 1. The number of likely N-dealkylation sites (tertiary alicyclic amines) is 1. The topological polar surface area (TPSA) is 46.3 Å². The van der Waals surface area contributed by atoms with Crippen molar-refractivity contribution >= 4 is 17.5 Å². The fourth-order valence-corrected chi connectivity index (χ4v) is 1.52. The van der Waals surface area contributed by atoms with E-state index in [1.54, 1.807) is 0 Å². The lowest BCUT2D eigenvalue weighted by atomic mass is 10.1. The van der Waals surface area contributed by atoms with Crippen molar-refractivity contribution in [1.29, 1.82) is 0 Å². The summed E-state index contributed by atoms with van der Waals surface area (Å²) in [5.41, 5.74) is 4.45. The number of piperidine rings is 1. The van der Waals surface area contributed by atoms with Gasteiger partial charge in [-0.25, -0.2) is 0 Å². The van der Waals surface area contributed by atoms with E-state index in [9.17, 15) is 4.79 Å². The van der Waals surface area contributed by atoms with Crippen molar-refractivity contribution in [3.63, 3.8) is 0 Å². The molecule has 4 heteroatoms. The van der Waals surface area contributed by atoms with Gasteiger partial charge in [0.25, 0.3) is 0 Å². The zero-order chi connectivity index (χ0) is 8.27. The maximum atomic E-state index is 10.6. The van der Waals surface area contributed by atoms with E-state index in [0.29, 0.717) is 0 Å². The first kappa shape index (κ1) is 8.81. The van der Waals surface area contributed by atoms with Crippen LogP contribution in [0.25, 0.3) is 0 Å². The molecular weight excluding hydrogens is 164 g/mol. The predicted octanol–water partition coefficient (Wildman–Crippen LogP) is 0.522. The second kappa shape index (κ2) is 3.93. The molecule has 3 nitrogen and oxygen atoms in total. The van der Waals surface area contributed by atoms with Crippen LogP contribution in [0.3, 0.4) is 0 Å². The number of nitrogens with two attached hydrogens (primary N) is 1. The number of rotatable bonds is 2. The molecule has 1 amide bonds. The van der Waals surface area contributed by atoms with Crippen molar-refractivity contribution in [2.45, 2.75) is 24.8 Å². The molecule has 0 aromatic carbocycles. The summed E-state index contributed by atoms with van der Waals surface area (Å²) >= 11 is 5.75. The van der Waals surface area contributed by atoms with Crippen LogP contribution in [0.15, 0.2) is 0 Å². The van der Waals surface area contributed by atoms with Crippen LogP contribution in [-0.4, -0.2) is 29.4 Å². The summed E-state index contributed by atoms with van der Waals surface area (Å²) in [6.07, 6.45) is 3.48. The lowest BCUT2D eigenvalue weighted by Gasteiger charge is -2.28.